The Hall–Kier alpha value is -1.25. The fourth-order valence-electron chi connectivity index (χ4n) is 3.46. The minimum absolute atomic E-state index is 0.508. The predicted octanol–water partition coefficient (Wildman–Crippen LogP) is 4.41. The number of benzene rings is 2. The van der Waals surface area contributed by atoms with Gasteiger partial charge >= 0.3 is 0 Å². The molecule has 2 atom stereocenters. The second-order valence-electron chi connectivity index (χ2n) is 6.19. The molecule has 0 aromatic heterocycles. The lowest BCUT2D eigenvalue weighted by Gasteiger charge is -2.17. The van der Waals surface area contributed by atoms with Crippen molar-refractivity contribution in [2.45, 2.75) is 31.1 Å². The van der Waals surface area contributed by atoms with Crippen molar-refractivity contribution < 1.29 is 0 Å². The third-order valence-electron chi connectivity index (χ3n) is 4.71. The Morgan fingerprint density at radius 2 is 1.90 bits per heavy atom. The summed E-state index contributed by atoms with van der Waals surface area (Å²) in [4.78, 5) is 0. The van der Waals surface area contributed by atoms with Gasteiger partial charge < -0.3 is 5.32 Å². The molecule has 0 radical (unpaired) electrons. The molecule has 2 aliphatic rings. The lowest BCUT2D eigenvalue weighted by molar-refractivity contribution is 0.578. The SMILES string of the molecule is CC1CCNC(c2ccc3c(c2)Cc2ccccc2-3)CS1. The second kappa shape index (κ2) is 5.51. The molecule has 1 N–H and O–H groups in total. The van der Waals surface area contributed by atoms with Gasteiger partial charge in [-0.1, -0.05) is 49.4 Å². The van der Waals surface area contributed by atoms with Gasteiger partial charge in [0.2, 0.25) is 0 Å². The fourth-order valence-corrected chi connectivity index (χ4v) is 4.58. The van der Waals surface area contributed by atoms with Gasteiger partial charge in [-0.2, -0.15) is 11.8 Å². The Morgan fingerprint density at radius 3 is 2.86 bits per heavy atom. The van der Waals surface area contributed by atoms with E-state index >= 15 is 0 Å². The minimum Gasteiger partial charge on any atom is -0.309 e. The van der Waals surface area contributed by atoms with Crippen LogP contribution in [0.4, 0.5) is 0 Å². The van der Waals surface area contributed by atoms with Gasteiger partial charge in [-0.25, -0.2) is 0 Å². The van der Waals surface area contributed by atoms with Crippen molar-refractivity contribution in [2.24, 2.45) is 0 Å². The Kier molecular flexibility index (Phi) is 3.52. The van der Waals surface area contributed by atoms with Gasteiger partial charge in [-0.15, -0.1) is 0 Å². The lowest BCUT2D eigenvalue weighted by Crippen LogP contribution is -2.22. The molecule has 0 spiro atoms. The van der Waals surface area contributed by atoms with E-state index < -0.39 is 0 Å². The fraction of sp³-hybridized carbons (Fsp3) is 0.368. The van der Waals surface area contributed by atoms with Crippen LogP contribution in [0.25, 0.3) is 11.1 Å². The molecule has 1 fully saturated rings. The van der Waals surface area contributed by atoms with Crippen LogP contribution in [0, 0.1) is 0 Å². The molecule has 0 bridgehead atoms. The van der Waals surface area contributed by atoms with Crippen molar-refractivity contribution in [2.75, 3.05) is 12.3 Å². The first kappa shape index (κ1) is 13.4. The summed E-state index contributed by atoms with van der Waals surface area (Å²) >= 11 is 2.10. The summed E-state index contributed by atoms with van der Waals surface area (Å²) in [6.45, 7) is 3.48. The van der Waals surface area contributed by atoms with Crippen LogP contribution in [-0.4, -0.2) is 17.5 Å². The Labute approximate surface area is 131 Å². The third kappa shape index (κ3) is 2.51. The standard InChI is InChI=1S/C19H21NS/c1-13-8-9-20-19(12-21-13)15-6-7-18-16(11-15)10-14-4-2-3-5-17(14)18/h2-7,11,13,19-20H,8-10,12H2,1H3. The number of thioether (sulfide) groups is 1. The molecule has 0 saturated carbocycles. The lowest BCUT2D eigenvalue weighted by atomic mass is 10.00. The molecule has 4 rings (SSSR count). The van der Waals surface area contributed by atoms with Gasteiger partial charge in [0.25, 0.3) is 0 Å². The molecule has 1 saturated heterocycles. The van der Waals surface area contributed by atoms with Gasteiger partial charge in [-0.3, -0.25) is 0 Å². The maximum Gasteiger partial charge on any atom is 0.0412 e. The van der Waals surface area contributed by atoms with Gasteiger partial charge in [0.1, 0.15) is 0 Å². The maximum absolute atomic E-state index is 3.72. The third-order valence-corrected chi connectivity index (χ3v) is 6.04. The van der Waals surface area contributed by atoms with E-state index in [9.17, 15) is 0 Å². The van der Waals surface area contributed by atoms with Crippen molar-refractivity contribution in [1.29, 1.82) is 0 Å². The van der Waals surface area contributed by atoms with Crippen LogP contribution < -0.4 is 5.32 Å². The Balaban J connectivity index is 1.64. The van der Waals surface area contributed by atoms with Crippen molar-refractivity contribution in [1.82, 2.24) is 5.32 Å². The van der Waals surface area contributed by atoms with Gasteiger partial charge in [0, 0.05) is 17.0 Å². The molecule has 21 heavy (non-hydrogen) atoms. The quantitative estimate of drug-likeness (QED) is 0.713. The van der Waals surface area contributed by atoms with E-state index in [1.807, 2.05) is 0 Å². The van der Waals surface area contributed by atoms with Gasteiger partial charge in [0.15, 0.2) is 0 Å². The summed E-state index contributed by atoms with van der Waals surface area (Å²) in [6, 6.07) is 16.4. The van der Waals surface area contributed by atoms with E-state index in [4.69, 9.17) is 0 Å². The number of nitrogens with one attached hydrogen (secondary N) is 1. The molecule has 2 aromatic carbocycles. The van der Waals surface area contributed by atoms with Crippen LogP contribution in [-0.2, 0) is 6.42 Å². The van der Waals surface area contributed by atoms with Gasteiger partial charge in [-0.05, 0) is 47.2 Å². The molecule has 108 valence electrons. The zero-order valence-electron chi connectivity index (χ0n) is 12.4. The summed E-state index contributed by atoms with van der Waals surface area (Å²) in [5, 5.41) is 4.50. The van der Waals surface area contributed by atoms with E-state index in [1.165, 1.54) is 40.0 Å². The zero-order chi connectivity index (χ0) is 14.2. The molecule has 2 heteroatoms. The first-order valence-electron chi connectivity index (χ1n) is 7.87. The van der Waals surface area contributed by atoms with Crippen molar-refractivity contribution in [3.63, 3.8) is 0 Å². The van der Waals surface area contributed by atoms with Gasteiger partial charge in [0.05, 0.1) is 0 Å². The van der Waals surface area contributed by atoms with E-state index in [2.05, 4.69) is 66.5 Å². The molecular formula is C19H21NS. The average molecular weight is 295 g/mol. The van der Waals surface area contributed by atoms with E-state index in [-0.39, 0.29) is 0 Å². The highest BCUT2D eigenvalue weighted by molar-refractivity contribution is 7.99. The second-order valence-corrected chi connectivity index (χ2v) is 7.66. The monoisotopic (exact) mass is 295 g/mol. The van der Waals surface area contributed by atoms with Crippen molar-refractivity contribution in [3.8, 4) is 11.1 Å². The van der Waals surface area contributed by atoms with Crippen LogP contribution in [0.3, 0.4) is 0 Å². The maximum atomic E-state index is 3.72. The topological polar surface area (TPSA) is 12.0 Å². The highest BCUT2D eigenvalue weighted by Crippen LogP contribution is 2.38. The molecule has 1 aliphatic heterocycles. The van der Waals surface area contributed by atoms with E-state index in [0.29, 0.717) is 6.04 Å². The summed E-state index contributed by atoms with van der Waals surface area (Å²) < 4.78 is 0. The van der Waals surface area contributed by atoms with Crippen LogP contribution >= 0.6 is 11.8 Å². The predicted molar refractivity (Wildman–Crippen MR) is 92.0 cm³/mol. The molecule has 2 aromatic rings. The highest BCUT2D eigenvalue weighted by Gasteiger charge is 2.21. The number of hydrogen-bond acceptors (Lipinski definition) is 2. The molecular weight excluding hydrogens is 274 g/mol. The Bertz CT molecular complexity index is 664. The number of hydrogen-bond donors (Lipinski definition) is 1. The van der Waals surface area contributed by atoms with Crippen LogP contribution in [0.1, 0.15) is 36.1 Å². The normalized spacial score (nSPS) is 24.2. The average Bonchev–Trinajstić information content (AvgIpc) is 2.73. The first-order valence-corrected chi connectivity index (χ1v) is 8.92. The van der Waals surface area contributed by atoms with Crippen molar-refractivity contribution >= 4 is 11.8 Å². The molecule has 1 nitrogen and oxygen atoms in total. The summed E-state index contributed by atoms with van der Waals surface area (Å²) in [5.74, 6) is 1.19. The summed E-state index contributed by atoms with van der Waals surface area (Å²) in [5.41, 5.74) is 7.29. The van der Waals surface area contributed by atoms with Crippen LogP contribution in [0.5, 0.6) is 0 Å². The van der Waals surface area contributed by atoms with Crippen molar-refractivity contribution in [3.05, 3.63) is 59.2 Å². The highest BCUT2D eigenvalue weighted by atomic mass is 32.2. The first-order chi connectivity index (χ1) is 10.3. The minimum atomic E-state index is 0.508. The summed E-state index contributed by atoms with van der Waals surface area (Å²) in [6.07, 6.45) is 2.37. The summed E-state index contributed by atoms with van der Waals surface area (Å²) in [7, 11) is 0. The molecule has 0 amide bonds. The molecule has 1 aliphatic carbocycles. The smallest absolute Gasteiger partial charge is 0.0412 e. The number of fused-ring (bicyclic) bond motifs is 3. The van der Waals surface area contributed by atoms with E-state index in [0.717, 1.165) is 18.2 Å². The van der Waals surface area contributed by atoms with Crippen LogP contribution in [0.2, 0.25) is 0 Å². The largest absolute Gasteiger partial charge is 0.309 e. The van der Waals surface area contributed by atoms with Crippen LogP contribution in [0.15, 0.2) is 42.5 Å². The molecule has 2 unspecified atom stereocenters. The molecule has 1 heterocycles. The zero-order valence-corrected chi connectivity index (χ0v) is 13.2. The Morgan fingerprint density at radius 1 is 1.05 bits per heavy atom. The van der Waals surface area contributed by atoms with E-state index in [1.54, 1.807) is 0 Å². The number of rotatable bonds is 1.